The maximum Gasteiger partial charge on any atom is 0.230 e. The monoisotopic (exact) mass is 337 g/mol. The van der Waals surface area contributed by atoms with E-state index < -0.39 is 0 Å². The fourth-order valence-corrected chi connectivity index (χ4v) is 3.77. The average Bonchev–Trinajstić information content (AvgIpc) is 2.67. The number of ether oxygens (including phenoxy) is 1. The topological polar surface area (TPSA) is 38.3 Å². The number of carbonyl (C=O) groups excluding carboxylic acids is 1. The van der Waals surface area contributed by atoms with Crippen molar-refractivity contribution in [1.29, 1.82) is 0 Å². The van der Waals surface area contributed by atoms with Gasteiger partial charge in [0.15, 0.2) is 0 Å². The zero-order valence-corrected chi connectivity index (χ0v) is 15.2. The third-order valence-corrected chi connectivity index (χ3v) is 5.36. The van der Waals surface area contributed by atoms with Gasteiger partial charge in [-0.15, -0.1) is 0 Å². The lowest BCUT2D eigenvalue weighted by molar-refractivity contribution is -0.128. The molecule has 0 unspecified atom stereocenters. The highest BCUT2D eigenvalue weighted by Gasteiger charge is 2.40. The number of hydrogen-bond acceptors (Lipinski definition) is 2. The van der Waals surface area contributed by atoms with Gasteiger partial charge in [-0.3, -0.25) is 4.79 Å². The molecule has 1 fully saturated rings. The Morgan fingerprint density at radius 3 is 2.24 bits per heavy atom. The van der Waals surface area contributed by atoms with E-state index in [1.54, 1.807) is 7.11 Å². The first-order chi connectivity index (χ1) is 12.1. The average molecular weight is 337 g/mol. The van der Waals surface area contributed by atoms with E-state index in [0.717, 1.165) is 42.6 Å². The molecule has 0 saturated heterocycles. The highest BCUT2D eigenvalue weighted by molar-refractivity contribution is 5.88. The Balaban J connectivity index is 1.76. The van der Waals surface area contributed by atoms with Crippen molar-refractivity contribution in [2.24, 2.45) is 0 Å². The Kier molecular flexibility index (Phi) is 5.42. The Hall–Kier alpha value is -2.29. The normalized spacial score (nSPS) is 16.2. The molecular weight excluding hydrogens is 310 g/mol. The molecule has 3 heteroatoms. The van der Waals surface area contributed by atoms with Gasteiger partial charge in [0.05, 0.1) is 12.5 Å². The van der Waals surface area contributed by atoms with Gasteiger partial charge in [0.2, 0.25) is 5.91 Å². The standard InChI is InChI=1S/C22H27NO2/c1-17-6-10-19(11-7-17)22(14-4-3-5-15-22)21(24)23-16-18-8-12-20(25-2)13-9-18/h6-13H,3-5,14-16H2,1-2H3,(H,23,24). The van der Waals surface area contributed by atoms with Crippen LogP contribution in [0.2, 0.25) is 0 Å². The van der Waals surface area contributed by atoms with Gasteiger partial charge >= 0.3 is 0 Å². The number of rotatable bonds is 5. The molecule has 1 aliphatic carbocycles. The molecule has 0 aliphatic heterocycles. The molecule has 1 aliphatic rings. The molecule has 2 aromatic rings. The molecule has 0 heterocycles. The van der Waals surface area contributed by atoms with E-state index in [9.17, 15) is 4.79 Å². The van der Waals surface area contributed by atoms with Crippen molar-refractivity contribution in [3.63, 3.8) is 0 Å². The second-order valence-corrected chi connectivity index (χ2v) is 7.04. The van der Waals surface area contributed by atoms with Gasteiger partial charge in [-0.1, -0.05) is 61.2 Å². The van der Waals surface area contributed by atoms with Crippen molar-refractivity contribution < 1.29 is 9.53 Å². The fraction of sp³-hybridized carbons (Fsp3) is 0.409. The van der Waals surface area contributed by atoms with Crippen molar-refractivity contribution in [3.8, 4) is 5.75 Å². The summed E-state index contributed by atoms with van der Waals surface area (Å²) in [6, 6.07) is 16.3. The van der Waals surface area contributed by atoms with Crippen molar-refractivity contribution in [2.75, 3.05) is 7.11 Å². The summed E-state index contributed by atoms with van der Waals surface area (Å²) >= 11 is 0. The Bertz CT molecular complexity index is 698. The largest absolute Gasteiger partial charge is 0.497 e. The minimum absolute atomic E-state index is 0.159. The number of methoxy groups -OCH3 is 1. The highest BCUT2D eigenvalue weighted by atomic mass is 16.5. The molecule has 0 radical (unpaired) electrons. The molecule has 1 amide bonds. The lowest BCUT2D eigenvalue weighted by Gasteiger charge is -2.36. The third-order valence-electron chi connectivity index (χ3n) is 5.36. The van der Waals surface area contributed by atoms with Gasteiger partial charge in [-0.25, -0.2) is 0 Å². The van der Waals surface area contributed by atoms with Gasteiger partial charge in [-0.05, 0) is 43.0 Å². The van der Waals surface area contributed by atoms with Crippen LogP contribution in [0.3, 0.4) is 0 Å². The predicted molar refractivity (Wildman–Crippen MR) is 101 cm³/mol. The second kappa shape index (κ2) is 7.73. The van der Waals surface area contributed by atoms with E-state index in [0.29, 0.717) is 6.54 Å². The lowest BCUT2D eigenvalue weighted by Crippen LogP contribution is -2.45. The molecular formula is C22H27NO2. The van der Waals surface area contributed by atoms with Crippen LogP contribution in [0.5, 0.6) is 5.75 Å². The van der Waals surface area contributed by atoms with Crippen molar-refractivity contribution in [1.82, 2.24) is 5.32 Å². The Morgan fingerprint density at radius 2 is 1.64 bits per heavy atom. The summed E-state index contributed by atoms with van der Waals surface area (Å²) in [5, 5.41) is 3.18. The molecule has 0 atom stereocenters. The van der Waals surface area contributed by atoms with Crippen LogP contribution in [-0.2, 0) is 16.8 Å². The number of benzene rings is 2. The minimum atomic E-state index is -0.377. The first kappa shape index (κ1) is 17.5. The molecule has 25 heavy (non-hydrogen) atoms. The van der Waals surface area contributed by atoms with E-state index in [-0.39, 0.29) is 11.3 Å². The summed E-state index contributed by atoms with van der Waals surface area (Å²) in [7, 11) is 1.66. The zero-order valence-electron chi connectivity index (χ0n) is 15.2. The summed E-state index contributed by atoms with van der Waals surface area (Å²) in [6.45, 7) is 2.64. The summed E-state index contributed by atoms with van der Waals surface area (Å²) in [6.07, 6.45) is 5.32. The van der Waals surface area contributed by atoms with Gasteiger partial charge in [0.25, 0.3) is 0 Å². The molecule has 0 aromatic heterocycles. The summed E-state index contributed by atoms with van der Waals surface area (Å²) in [5.74, 6) is 0.991. The van der Waals surface area contributed by atoms with Crippen molar-refractivity contribution >= 4 is 5.91 Å². The number of hydrogen-bond donors (Lipinski definition) is 1. The zero-order chi connectivity index (χ0) is 17.7. The highest BCUT2D eigenvalue weighted by Crippen LogP contribution is 2.40. The number of aryl methyl sites for hydroxylation is 1. The molecule has 2 aromatic carbocycles. The Labute approximate surface area is 150 Å². The molecule has 1 N–H and O–H groups in total. The molecule has 132 valence electrons. The smallest absolute Gasteiger partial charge is 0.230 e. The van der Waals surface area contributed by atoms with Crippen molar-refractivity contribution in [2.45, 2.75) is 51.0 Å². The van der Waals surface area contributed by atoms with Crippen LogP contribution in [0.15, 0.2) is 48.5 Å². The third kappa shape index (κ3) is 3.87. The molecule has 3 rings (SSSR count). The van der Waals surface area contributed by atoms with E-state index in [1.807, 2.05) is 24.3 Å². The summed E-state index contributed by atoms with van der Waals surface area (Å²) in [4.78, 5) is 13.2. The van der Waals surface area contributed by atoms with Gasteiger partial charge < -0.3 is 10.1 Å². The molecule has 0 bridgehead atoms. The lowest BCUT2D eigenvalue weighted by atomic mass is 9.68. The fourth-order valence-electron chi connectivity index (χ4n) is 3.77. The van der Waals surface area contributed by atoms with Crippen LogP contribution >= 0.6 is 0 Å². The van der Waals surface area contributed by atoms with Crippen LogP contribution in [0, 0.1) is 6.92 Å². The van der Waals surface area contributed by atoms with Crippen LogP contribution < -0.4 is 10.1 Å². The van der Waals surface area contributed by atoms with Crippen molar-refractivity contribution in [3.05, 3.63) is 65.2 Å². The van der Waals surface area contributed by atoms with E-state index in [4.69, 9.17) is 4.74 Å². The second-order valence-electron chi connectivity index (χ2n) is 7.04. The van der Waals surface area contributed by atoms with Crippen LogP contribution in [0.1, 0.15) is 48.8 Å². The maximum absolute atomic E-state index is 13.2. The van der Waals surface area contributed by atoms with Gasteiger partial charge in [0.1, 0.15) is 5.75 Å². The molecule has 1 saturated carbocycles. The number of carbonyl (C=O) groups is 1. The van der Waals surface area contributed by atoms with Crippen LogP contribution in [0.25, 0.3) is 0 Å². The van der Waals surface area contributed by atoms with E-state index >= 15 is 0 Å². The predicted octanol–water partition coefficient (Wildman–Crippen LogP) is 4.52. The minimum Gasteiger partial charge on any atom is -0.497 e. The SMILES string of the molecule is COc1ccc(CNC(=O)C2(c3ccc(C)cc3)CCCCC2)cc1. The quantitative estimate of drug-likeness (QED) is 0.871. The van der Waals surface area contributed by atoms with E-state index in [2.05, 4.69) is 36.5 Å². The number of nitrogens with one attached hydrogen (secondary N) is 1. The molecule has 3 nitrogen and oxygen atoms in total. The van der Waals surface area contributed by atoms with E-state index in [1.165, 1.54) is 12.0 Å². The summed E-state index contributed by atoms with van der Waals surface area (Å²) in [5.41, 5.74) is 3.10. The van der Waals surface area contributed by atoms with Crippen LogP contribution in [0.4, 0.5) is 0 Å². The molecule has 0 spiro atoms. The summed E-state index contributed by atoms with van der Waals surface area (Å²) < 4.78 is 5.19. The van der Waals surface area contributed by atoms with Gasteiger partial charge in [0, 0.05) is 6.54 Å². The number of amides is 1. The maximum atomic E-state index is 13.2. The first-order valence-electron chi connectivity index (χ1n) is 9.12. The van der Waals surface area contributed by atoms with Crippen LogP contribution in [-0.4, -0.2) is 13.0 Å². The van der Waals surface area contributed by atoms with Gasteiger partial charge in [-0.2, -0.15) is 0 Å². The first-order valence-corrected chi connectivity index (χ1v) is 9.12. The Morgan fingerprint density at radius 1 is 1.00 bits per heavy atom.